The zero-order valence-corrected chi connectivity index (χ0v) is 11.3. The molecule has 3 aromatic rings. The predicted octanol–water partition coefficient (Wildman–Crippen LogP) is 3.62. The highest BCUT2D eigenvalue weighted by atomic mass is 35.5. The van der Waals surface area contributed by atoms with Crippen LogP contribution in [0.5, 0.6) is 5.75 Å². The van der Waals surface area contributed by atoms with Gasteiger partial charge in [-0.05, 0) is 36.4 Å². The third-order valence-electron chi connectivity index (χ3n) is 2.54. The molecule has 0 N–H and O–H groups in total. The third kappa shape index (κ3) is 2.64. The summed E-state index contributed by atoms with van der Waals surface area (Å²) in [7, 11) is 0. The van der Waals surface area contributed by atoms with Crippen molar-refractivity contribution < 1.29 is 4.74 Å². The van der Waals surface area contributed by atoms with E-state index >= 15 is 0 Å². The fourth-order valence-electron chi connectivity index (χ4n) is 1.66. The maximum absolute atomic E-state index is 6.03. The van der Waals surface area contributed by atoms with Crippen LogP contribution in [0.25, 0.3) is 5.65 Å². The molecule has 0 atom stereocenters. The first-order chi connectivity index (χ1) is 9.22. The lowest BCUT2D eigenvalue weighted by Crippen LogP contribution is -1.97. The number of pyridine rings is 1. The second-order valence-corrected chi connectivity index (χ2v) is 4.74. The fraction of sp³-hybridized carbons (Fsp3) is 0.0769. The maximum atomic E-state index is 6.03. The van der Waals surface area contributed by atoms with E-state index in [9.17, 15) is 0 Å². The molecule has 0 spiro atoms. The van der Waals surface area contributed by atoms with Gasteiger partial charge in [-0.3, -0.25) is 0 Å². The second kappa shape index (κ2) is 5.07. The first-order valence-corrected chi connectivity index (χ1v) is 6.36. The summed E-state index contributed by atoms with van der Waals surface area (Å²) in [4.78, 5) is 4.31. The molecular weight excluding hydrogens is 285 g/mol. The van der Waals surface area contributed by atoms with Crippen molar-refractivity contribution in [2.24, 2.45) is 0 Å². The lowest BCUT2D eigenvalue weighted by atomic mass is 10.3. The van der Waals surface area contributed by atoms with E-state index in [1.165, 1.54) is 0 Å². The highest BCUT2D eigenvalue weighted by molar-refractivity contribution is 6.33. The highest BCUT2D eigenvalue weighted by Crippen LogP contribution is 2.18. The van der Waals surface area contributed by atoms with Crippen LogP contribution in [0.15, 0.2) is 42.6 Å². The molecule has 0 amide bonds. The summed E-state index contributed by atoms with van der Waals surface area (Å²) in [5, 5.41) is 5.51. The van der Waals surface area contributed by atoms with E-state index in [-0.39, 0.29) is 6.61 Å². The van der Waals surface area contributed by atoms with Crippen molar-refractivity contribution in [3.63, 3.8) is 0 Å². The van der Waals surface area contributed by atoms with Gasteiger partial charge >= 0.3 is 0 Å². The van der Waals surface area contributed by atoms with Crippen LogP contribution < -0.4 is 4.74 Å². The van der Waals surface area contributed by atoms with Crippen LogP contribution in [0.2, 0.25) is 10.0 Å². The summed E-state index contributed by atoms with van der Waals surface area (Å²) >= 11 is 11.8. The monoisotopic (exact) mass is 293 g/mol. The van der Waals surface area contributed by atoms with Crippen molar-refractivity contribution in [3.8, 4) is 5.75 Å². The van der Waals surface area contributed by atoms with Crippen LogP contribution in [0, 0.1) is 0 Å². The molecule has 1 aromatic carbocycles. The van der Waals surface area contributed by atoms with E-state index in [0.717, 1.165) is 0 Å². The molecule has 0 saturated carbocycles. The van der Waals surface area contributed by atoms with E-state index in [2.05, 4.69) is 10.1 Å². The molecule has 0 radical (unpaired) electrons. The molecule has 0 aliphatic rings. The Morgan fingerprint density at radius 3 is 2.63 bits per heavy atom. The average molecular weight is 294 g/mol. The normalized spacial score (nSPS) is 10.8. The van der Waals surface area contributed by atoms with E-state index in [4.69, 9.17) is 27.9 Å². The number of hydrogen-bond donors (Lipinski definition) is 0. The van der Waals surface area contributed by atoms with Crippen LogP contribution >= 0.6 is 23.2 Å². The number of benzene rings is 1. The van der Waals surface area contributed by atoms with Crippen molar-refractivity contribution in [2.45, 2.75) is 6.61 Å². The molecular formula is C13H9Cl2N3O. The summed E-state index contributed by atoms with van der Waals surface area (Å²) in [6, 6.07) is 10.7. The van der Waals surface area contributed by atoms with Gasteiger partial charge in [0, 0.05) is 11.2 Å². The Morgan fingerprint density at radius 1 is 1.11 bits per heavy atom. The Bertz CT molecular complexity index is 709. The fourth-order valence-corrected chi connectivity index (χ4v) is 1.99. The minimum absolute atomic E-state index is 0.277. The SMILES string of the molecule is Clc1ccc(OCc2nc3c(Cl)cccn3n2)cc1. The quantitative estimate of drug-likeness (QED) is 0.740. The molecule has 0 aliphatic heterocycles. The molecule has 0 saturated heterocycles. The Balaban J connectivity index is 1.78. The standard InChI is InChI=1S/C13H9Cl2N3O/c14-9-3-5-10(6-4-9)19-8-12-16-13-11(15)2-1-7-18(13)17-12/h1-7H,8H2. The molecule has 0 aliphatic carbocycles. The zero-order chi connectivity index (χ0) is 13.2. The Hall–Kier alpha value is -1.78. The Kier molecular flexibility index (Phi) is 3.27. The van der Waals surface area contributed by atoms with Crippen LogP contribution in [0.4, 0.5) is 0 Å². The van der Waals surface area contributed by atoms with Crippen molar-refractivity contribution in [2.75, 3.05) is 0 Å². The highest BCUT2D eigenvalue weighted by Gasteiger charge is 2.07. The topological polar surface area (TPSA) is 39.4 Å². The molecule has 0 unspecified atom stereocenters. The van der Waals surface area contributed by atoms with Crippen molar-refractivity contribution in [1.82, 2.24) is 14.6 Å². The summed E-state index contributed by atoms with van der Waals surface area (Å²) in [6.45, 7) is 0.277. The molecule has 0 bridgehead atoms. The van der Waals surface area contributed by atoms with E-state index < -0.39 is 0 Å². The number of halogens is 2. The lowest BCUT2D eigenvalue weighted by Gasteiger charge is -2.02. The first kappa shape index (κ1) is 12.3. The number of hydrogen-bond acceptors (Lipinski definition) is 3. The number of rotatable bonds is 3. The maximum Gasteiger partial charge on any atom is 0.189 e. The van der Waals surface area contributed by atoms with Gasteiger partial charge in [0.25, 0.3) is 0 Å². The van der Waals surface area contributed by atoms with Crippen LogP contribution in [0.1, 0.15) is 5.82 Å². The number of aromatic nitrogens is 3. The van der Waals surface area contributed by atoms with Gasteiger partial charge in [-0.1, -0.05) is 23.2 Å². The largest absolute Gasteiger partial charge is 0.486 e. The molecule has 2 aromatic heterocycles. The van der Waals surface area contributed by atoms with Crippen LogP contribution in [0.3, 0.4) is 0 Å². The van der Waals surface area contributed by atoms with Gasteiger partial charge in [0.2, 0.25) is 0 Å². The van der Waals surface area contributed by atoms with Crippen LogP contribution in [-0.4, -0.2) is 14.6 Å². The van der Waals surface area contributed by atoms with E-state index in [1.54, 1.807) is 41.0 Å². The van der Waals surface area contributed by atoms with Gasteiger partial charge in [-0.2, -0.15) is 0 Å². The molecule has 2 heterocycles. The van der Waals surface area contributed by atoms with Gasteiger partial charge < -0.3 is 4.74 Å². The molecule has 19 heavy (non-hydrogen) atoms. The Labute approximate surface area is 119 Å². The van der Waals surface area contributed by atoms with E-state index in [1.807, 2.05) is 6.07 Å². The summed E-state index contributed by atoms with van der Waals surface area (Å²) in [5.41, 5.74) is 0.624. The molecule has 4 nitrogen and oxygen atoms in total. The van der Waals surface area contributed by atoms with Crippen molar-refractivity contribution in [3.05, 3.63) is 58.5 Å². The minimum Gasteiger partial charge on any atom is -0.486 e. The van der Waals surface area contributed by atoms with Gasteiger partial charge in [-0.25, -0.2) is 9.50 Å². The smallest absolute Gasteiger partial charge is 0.189 e. The summed E-state index contributed by atoms with van der Waals surface area (Å²) < 4.78 is 7.20. The number of ether oxygens (including phenoxy) is 1. The third-order valence-corrected chi connectivity index (χ3v) is 3.09. The number of fused-ring (bicyclic) bond motifs is 1. The van der Waals surface area contributed by atoms with Crippen LogP contribution in [-0.2, 0) is 6.61 Å². The van der Waals surface area contributed by atoms with Gasteiger partial charge in [0.05, 0.1) is 5.02 Å². The first-order valence-electron chi connectivity index (χ1n) is 5.60. The average Bonchev–Trinajstić information content (AvgIpc) is 2.83. The Morgan fingerprint density at radius 2 is 1.89 bits per heavy atom. The zero-order valence-electron chi connectivity index (χ0n) is 9.75. The minimum atomic E-state index is 0.277. The lowest BCUT2D eigenvalue weighted by molar-refractivity contribution is 0.296. The second-order valence-electron chi connectivity index (χ2n) is 3.89. The van der Waals surface area contributed by atoms with Gasteiger partial charge in [-0.15, -0.1) is 5.10 Å². The number of nitrogens with zero attached hydrogens (tertiary/aromatic N) is 3. The predicted molar refractivity (Wildman–Crippen MR) is 73.8 cm³/mol. The molecule has 3 rings (SSSR count). The van der Waals surface area contributed by atoms with Gasteiger partial charge in [0.15, 0.2) is 11.5 Å². The molecule has 0 fully saturated rings. The molecule has 96 valence electrons. The summed E-state index contributed by atoms with van der Waals surface area (Å²) in [5.74, 6) is 1.29. The molecule has 6 heteroatoms. The van der Waals surface area contributed by atoms with E-state index in [0.29, 0.717) is 27.3 Å². The van der Waals surface area contributed by atoms with Gasteiger partial charge in [0.1, 0.15) is 12.4 Å². The van der Waals surface area contributed by atoms with Crippen molar-refractivity contribution in [1.29, 1.82) is 0 Å². The summed E-state index contributed by atoms with van der Waals surface area (Å²) in [6.07, 6.45) is 1.79. The van der Waals surface area contributed by atoms with Crippen molar-refractivity contribution >= 4 is 28.8 Å².